The van der Waals surface area contributed by atoms with Crippen molar-refractivity contribution < 1.29 is 5.11 Å². The van der Waals surface area contributed by atoms with Gasteiger partial charge in [0.25, 0.3) is 0 Å². The number of nitrogens with zero attached hydrogens (tertiary/aromatic N) is 2. The molecule has 3 rings (SSSR count). The van der Waals surface area contributed by atoms with Gasteiger partial charge in [-0.3, -0.25) is 9.89 Å². The molecule has 0 radical (unpaired) electrons. The van der Waals surface area contributed by atoms with Crippen molar-refractivity contribution >= 4 is 51.4 Å². The molecule has 1 aromatic heterocycles. The van der Waals surface area contributed by atoms with Crippen LogP contribution in [0.15, 0.2) is 35.3 Å². The summed E-state index contributed by atoms with van der Waals surface area (Å²) in [6.07, 6.45) is 2.11. The average Bonchev–Trinajstić information content (AvgIpc) is 3.40. The van der Waals surface area contributed by atoms with Gasteiger partial charge in [0.2, 0.25) is 0 Å². The Balaban J connectivity index is 0.00000261. The van der Waals surface area contributed by atoms with Gasteiger partial charge in [0.1, 0.15) is 6.10 Å². The first-order valence-corrected chi connectivity index (χ1v) is 10.5. The number of benzene rings is 1. The van der Waals surface area contributed by atoms with E-state index in [-0.39, 0.29) is 24.0 Å². The maximum absolute atomic E-state index is 10.5. The molecule has 0 saturated heterocycles. The maximum Gasteiger partial charge on any atom is 0.191 e. The zero-order valence-corrected chi connectivity index (χ0v) is 19.3. The zero-order chi connectivity index (χ0) is 18.4. The molecular weight excluding hydrogens is 471 g/mol. The SMILES string of the molecule is CCNC(=NCC(O)c1cc2ccccc2s1)NCCN(CC)C1CC1.I. The Morgan fingerprint density at radius 3 is 2.74 bits per heavy atom. The number of guanidine groups is 1. The minimum absolute atomic E-state index is 0. The number of aliphatic hydroxyl groups is 1. The molecule has 3 N–H and O–H groups in total. The van der Waals surface area contributed by atoms with Crippen molar-refractivity contribution in [3.63, 3.8) is 0 Å². The molecule has 1 aliphatic carbocycles. The normalized spacial score (nSPS) is 15.6. The van der Waals surface area contributed by atoms with E-state index in [1.165, 1.54) is 22.9 Å². The fraction of sp³-hybridized carbons (Fsp3) is 0.550. The standard InChI is InChI=1S/C20H30N4OS.HI/c1-3-21-20(22-11-12-24(4-2)16-9-10-16)23-14-17(25)19-13-15-7-5-6-8-18(15)26-19;/h5-8,13,16-17,25H,3-4,9-12,14H2,1-2H3,(H2,21,22,23);1H. The summed E-state index contributed by atoms with van der Waals surface area (Å²) in [5.74, 6) is 0.777. The highest BCUT2D eigenvalue weighted by Gasteiger charge is 2.27. The second-order valence-electron chi connectivity index (χ2n) is 6.71. The number of aliphatic hydroxyl groups excluding tert-OH is 1. The Morgan fingerprint density at radius 2 is 2.07 bits per heavy atom. The van der Waals surface area contributed by atoms with Gasteiger partial charge in [0, 0.05) is 35.3 Å². The number of hydrogen-bond acceptors (Lipinski definition) is 4. The molecule has 1 heterocycles. The summed E-state index contributed by atoms with van der Waals surface area (Å²) in [6, 6.07) is 11.1. The van der Waals surface area contributed by atoms with E-state index in [4.69, 9.17) is 0 Å². The molecule has 27 heavy (non-hydrogen) atoms. The molecule has 0 bridgehead atoms. The Hall–Kier alpha value is -0.900. The van der Waals surface area contributed by atoms with Gasteiger partial charge in [-0.2, -0.15) is 0 Å². The van der Waals surface area contributed by atoms with Crippen LogP contribution < -0.4 is 10.6 Å². The van der Waals surface area contributed by atoms with Crippen molar-refractivity contribution in [3.05, 3.63) is 35.2 Å². The number of rotatable bonds is 9. The van der Waals surface area contributed by atoms with Crippen molar-refractivity contribution in [2.24, 2.45) is 4.99 Å². The number of halogens is 1. The van der Waals surface area contributed by atoms with Crippen LogP contribution in [-0.4, -0.2) is 54.7 Å². The summed E-state index contributed by atoms with van der Waals surface area (Å²) in [4.78, 5) is 8.06. The molecule has 1 saturated carbocycles. The number of nitrogens with one attached hydrogen (secondary N) is 2. The summed E-state index contributed by atoms with van der Waals surface area (Å²) in [5.41, 5.74) is 0. The molecule has 1 unspecified atom stereocenters. The van der Waals surface area contributed by atoms with Crippen LogP contribution in [0.4, 0.5) is 0 Å². The Bertz CT molecular complexity index is 699. The predicted octanol–water partition coefficient (Wildman–Crippen LogP) is 3.59. The van der Waals surface area contributed by atoms with E-state index in [2.05, 4.69) is 52.6 Å². The average molecular weight is 502 g/mol. The van der Waals surface area contributed by atoms with Crippen LogP contribution in [-0.2, 0) is 0 Å². The molecule has 2 aromatic rings. The number of hydrogen-bond donors (Lipinski definition) is 3. The van der Waals surface area contributed by atoms with E-state index in [9.17, 15) is 5.11 Å². The quantitative estimate of drug-likeness (QED) is 0.279. The first-order chi connectivity index (χ1) is 12.7. The van der Waals surface area contributed by atoms with Crippen LogP contribution in [0.1, 0.15) is 37.7 Å². The lowest BCUT2D eigenvalue weighted by Crippen LogP contribution is -2.42. The molecule has 7 heteroatoms. The number of likely N-dealkylation sites (N-methyl/N-ethyl adjacent to an activating group) is 1. The van der Waals surface area contributed by atoms with Gasteiger partial charge in [-0.1, -0.05) is 25.1 Å². The summed E-state index contributed by atoms with van der Waals surface area (Å²) in [6.45, 7) is 8.46. The smallest absolute Gasteiger partial charge is 0.191 e. The number of aliphatic imine (C=N–C) groups is 1. The molecule has 1 aromatic carbocycles. The molecule has 1 atom stereocenters. The van der Waals surface area contributed by atoms with Gasteiger partial charge >= 0.3 is 0 Å². The predicted molar refractivity (Wildman–Crippen MR) is 126 cm³/mol. The van der Waals surface area contributed by atoms with Gasteiger partial charge in [-0.05, 0) is 43.8 Å². The van der Waals surface area contributed by atoms with E-state index >= 15 is 0 Å². The fourth-order valence-corrected chi connectivity index (χ4v) is 4.17. The Kier molecular flexibility index (Phi) is 9.28. The topological polar surface area (TPSA) is 59.9 Å². The monoisotopic (exact) mass is 502 g/mol. The lowest BCUT2D eigenvalue weighted by atomic mass is 10.2. The van der Waals surface area contributed by atoms with Crippen molar-refractivity contribution in [3.8, 4) is 0 Å². The highest BCUT2D eigenvalue weighted by molar-refractivity contribution is 14.0. The highest BCUT2D eigenvalue weighted by atomic mass is 127. The van der Waals surface area contributed by atoms with E-state index in [0.29, 0.717) is 6.54 Å². The molecule has 0 spiro atoms. The fourth-order valence-electron chi connectivity index (χ4n) is 3.13. The first-order valence-electron chi connectivity index (χ1n) is 9.64. The van der Waals surface area contributed by atoms with Gasteiger partial charge in [-0.15, -0.1) is 35.3 Å². The molecule has 1 fully saturated rings. The van der Waals surface area contributed by atoms with E-state index in [1.807, 2.05) is 12.1 Å². The largest absolute Gasteiger partial charge is 0.386 e. The van der Waals surface area contributed by atoms with Crippen molar-refractivity contribution in [1.29, 1.82) is 0 Å². The van der Waals surface area contributed by atoms with Crippen molar-refractivity contribution in [1.82, 2.24) is 15.5 Å². The van der Waals surface area contributed by atoms with Crippen LogP contribution >= 0.6 is 35.3 Å². The molecular formula is C20H31IN4OS. The molecule has 1 aliphatic rings. The third-order valence-electron chi connectivity index (χ3n) is 4.70. The van der Waals surface area contributed by atoms with Crippen LogP contribution in [0.25, 0.3) is 10.1 Å². The maximum atomic E-state index is 10.5. The van der Waals surface area contributed by atoms with Crippen molar-refractivity contribution in [2.45, 2.75) is 38.8 Å². The van der Waals surface area contributed by atoms with Crippen LogP contribution in [0.2, 0.25) is 0 Å². The van der Waals surface area contributed by atoms with Crippen LogP contribution in [0.5, 0.6) is 0 Å². The Morgan fingerprint density at radius 1 is 1.30 bits per heavy atom. The minimum atomic E-state index is -0.568. The summed E-state index contributed by atoms with van der Waals surface area (Å²) in [5, 5.41) is 18.3. The zero-order valence-electron chi connectivity index (χ0n) is 16.1. The first kappa shape index (κ1) is 22.4. The molecule has 150 valence electrons. The summed E-state index contributed by atoms with van der Waals surface area (Å²) < 4.78 is 1.20. The number of fused-ring (bicyclic) bond motifs is 1. The van der Waals surface area contributed by atoms with Crippen LogP contribution in [0, 0.1) is 0 Å². The van der Waals surface area contributed by atoms with Crippen molar-refractivity contribution in [2.75, 3.05) is 32.7 Å². The van der Waals surface area contributed by atoms with Crippen LogP contribution in [0.3, 0.4) is 0 Å². The lowest BCUT2D eigenvalue weighted by molar-refractivity contribution is 0.191. The molecule has 5 nitrogen and oxygen atoms in total. The minimum Gasteiger partial charge on any atom is -0.386 e. The lowest BCUT2D eigenvalue weighted by Gasteiger charge is -2.20. The second-order valence-corrected chi connectivity index (χ2v) is 7.82. The third-order valence-corrected chi connectivity index (χ3v) is 5.92. The Labute approximate surface area is 183 Å². The van der Waals surface area contributed by atoms with E-state index in [0.717, 1.165) is 43.1 Å². The van der Waals surface area contributed by atoms with E-state index in [1.54, 1.807) is 11.3 Å². The second kappa shape index (κ2) is 11.2. The van der Waals surface area contributed by atoms with Gasteiger partial charge in [0.05, 0.1) is 6.54 Å². The van der Waals surface area contributed by atoms with Gasteiger partial charge in [0.15, 0.2) is 5.96 Å². The van der Waals surface area contributed by atoms with Gasteiger partial charge in [-0.25, -0.2) is 0 Å². The molecule has 0 aliphatic heterocycles. The number of thiophene rings is 1. The summed E-state index contributed by atoms with van der Waals surface area (Å²) in [7, 11) is 0. The summed E-state index contributed by atoms with van der Waals surface area (Å²) >= 11 is 1.64. The highest BCUT2D eigenvalue weighted by Crippen LogP contribution is 2.29. The van der Waals surface area contributed by atoms with Gasteiger partial charge < -0.3 is 15.7 Å². The van der Waals surface area contributed by atoms with E-state index < -0.39 is 6.10 Å². The molecule has 0 amide bonds. The third kappa shape index (κ3) is 6.58.